The van der Waals surface area contributed by atoms with Crippen LogP contribution < -0.4 is 0 Å². The molecule has 20 heavy (non-hydrogen) atoms. The van der Waals surface area contributed by atoms with Crippen LogP contribution in [0.25, 0.3) is 0 Å². The summed E-state index contributed by atoms with van der Waals surface area (Å²) in [7, 11) is 0. The molecule has 0 radical (unpaired) electrons. The van der Waals surface area contributed by atoms with Crippen molar-refractivity contribution in [1.29, 1.82) is 5.26 Å². The molecule has 0 spiro atoms. The van der Waals surface area contributed by atoms with Gasteiger partial charge in [0, 0.05) is 24.0 Å². The van der Waals surface area contributed by atoms with E-state index in [1.165, 1.54) is 18.2 Å². The molecule has 1 aliphatic rings. The Bertz CT molecular complexity index is 600. The van der Waals surface area contributed by atoms with Gasteiger partial charge in [-0.1, -0.05) is 0 Å². The highest BCUT2D eigenvalue weighted by Crippen LogP contribution is 2.48. The summed E-state index contributed by atoms with van der Waals surface area (Å²) >= 11 is 0. The summed E-state index contributed by atoms with van der Waals surface area (Å²) in [6.07, 6.45) is 2.18. The van der Waals surface area contributed by atoms with E-state index in [0.29, 0.717) is 17.5 Å². The molecule has 6 heteroatoms. The molecular weight excluding hydrogens is 260 g/mol. The standard InChI is InChI=1S/C14H14N2O4/c1-10-8-11(16(18)19)2-3-12(10)13(17)20-9-14(4-5-14)6-7-15/h2-3,8H,4-6,9H2,1H3. The van der Waals surface area contributed by atoms with Crippen LogP contribution in [0.1, 0.15) is 35.2 Å². The van der Waals surface area contributed by atoms with Crippen LogP contribution in [0.4, 0.5) is 5.69 Å². The number of non-ortho nitro benzene ring substituents is 1. The van der Waals surface area contributed by atoms with E-state index in [0.717, 1.165) is 12.8 Å². The van der Waals surface area contributed by atoms with Gasteiger partial charge >= 0.3 is 5.97 Å². The summed E-state index contributed by atoms with van der Waals surface area (Å²) < 4.78 is 5.23. The molecule has 1 fully saturated rings. The van der Waals surface area contributed by atoms with Crippen molar-refractivity contribution in [1.82, 2.24) is 0 Å². The van der Waals surface area contributed by atoms with Gasteiger partial charge < -0.3 is 4.74 Å². The van der Waals surface area contributed by atoms with E-state index in [9.17, 15) is 14.9 Å². The topological polar surface area (TPSA) is 93.2 Å². The molecule has 0 atom stereocenters. The molecular formula is C14H14N2O4. The highest BCUT2D eigenvalue weighted by atomic mass is 16.6. The molecule has 0 heterocycles. The smallest absolute Gasteiger partial charge is 0.338 e. The van der Waals surface area contributed by atoms with E-state index < -0.39 is 10.9 Å². The maximum atomic E-state index is 12.0. The lowest BCUT2D eigenvalue weighted by Crippen LogP contribution is -2.15. The number of ether oxygens (including phenoxy) is 1. The van der Waals surface area contributed by atoms with Gasteiger partial charge in [0.1, 0.15) is 0 Å². The summed E-state index contributed by atoms with van der Waals surface area (Å²) in [6.45, 7) is 1.86. The molecule has 0 N–H and O–H groups in total. The van der Waals surface area contributed by atoms with Crippen molar-refractivity contribution in [2.24, 2.45) is 5.41 Å². The lowest BCUT2D eigenvalue weighted by molar-refractivity contribution is -0.384. The lowest BCUT2D eigenvalue weighted by atomic mass is 10.1. The second-order valence-electron chi connectivity index (χ2n) is 5.17. The number of hydrogen-bond acceptors (Lipinski definition) is 5. The number of rotatable bonds is 5. The molecule has 0 saturated heterocycles. The third-order valence-corrected chi connectivity index (χ3v) is 3.56. The molecule has 1 aromatic carbocycles. The second-order valence-corrected chi connectivity index (χ2v) is 5.17. The summed E-state index contributed by atoms with van der Waals surface area (Å²) in [6, 6.07) is 6.13. The van der Waals surface area contributed by atoms with Gasteiger partial charge in [0.25, 0.3) is 5.69 Å². The largest absolute Gasteiger partial charge is 0.461 e. The van der Waals surface area contributed by atoms with Gasteiger partial charge in [-0.3, -0.25) is 10.1 Å². The predicted molar refractivity (Wildman–Crippen MR) is 70.0 cm³/mol. The first-order chi connectivity index (χ1) is 9.47. The van der Waals surface area contributed by atoms with E-state index in [1.807, 2.05) is 0 Å². The molecule has 0 unspecified atom stereocenters. The fraction of sp³-hybridized carbons (Fsp3) is 0.429. The molecule has 1 aliphatic carbocycles. The van der Waals surface area contributed by atoms with Gasteiger partial charge in [-0.15, -0.1) is 0 Å². The number of nitrogens with zero attached hydrogens (tertiary/aromatic N) is 2. The van der Waals surface area contributed by atoms with Crippen molar-refractivity contribution >= 4 is 11.7 Å². The summed E-state index contributed by atoms with van der Waals surface area (Å²) in [5.74, 6) is -0.499. The molecule has 1 aromatic rings. The van der Waals surface area contributed by atoms with Gasteiger partial charge in [0.15, 0.2) is 0 Å². The van der Waals surface area contributed by atoms with Crippen LogP contribution in [0.15, 0.2) is 18.2 Å². The second kappa shape index (κ2) is 5.29. The first kappa shape index (κ1) is 14.0. The molecule has 0 aliphatic heterocycles. The number of nitro groups is 1. The number of carbonyl (C=O) groups excluding carboxylic acids is 1. The van der Waals surface area contributed by atoms with Gasteiger partial charge in [-0.2, -0.15) is 5.26 Å². The molecule has 6 nitrogen and oxygen atoms in total. The van der Waals surface area contributed by atoms with Crippen LogP contribution in [0.5, 0.6) is 0 Å². The Labute approximate surface area is 116 Å². The summed E-state index contributed by atoms with van der Waals surface area (Å²) in [5.41, 5.74) is 0.610. The van der Waals surface area contributed by atoms with E-state index in [1.54, 1.807) is 6.92 Å². The first-order valence-electron chi connectivity index (χ1n) is 6.27. The zero-order valence-electron chi connectivity index (χ0n) is 11.1. The number of nitriles is 1. The highest BCUT2D eigenvalue weighted by molar-refractivity contribution is 5.91. The Morgan fingerprint density at radius 3 is 2.75 bits per heavy atom. The predicted octanol–water partition coefficient (Wildman–Crippen LogP) is 2.75. The van der Waals surface area contributed by atoms with Crippen molar-refractivity contribution in [2.75, 3.05) is 6.61 Å². The molecule has 0 bridgehead atoms. The van der Waals surface area contributed by atoms with Gasteiger partial charge in [0.05, 0.1) is 23.2 Å². The van der Waals surface area contributed by atoms with Crippen molar-refractivity contribution in [3.05, 3.63) is 39.4 Å². The van der Waals surface area contributed by atoms with Crippen molar-refractivity contribution in [3.8, 4) is 6.07 Å². The van der Waals surface area contributed by atoms with Crippen molar-refractivity contribution < 1.29 is 14.5 Å². The van der Waals surface area contributed by atoms with Crippen LogP contribution in [0, 0.1) is 33.8 Å². The van der Waals surface area contributed by atoms with Crippen LogP contribution in [-0.2, 0) is 4.74 Å². The normalized spacial score (nSPS) is 15.2. The highest BCUT2D eigenvalue weighted by Gasteiger charge is 2.43. The van der Waals surface area contributed by atoms with Crippen molar-refractivity contribution in [3.63, 3.8) is 0 Å². The Kier molecular flexibility index (Phi) is 3.70. The first-order valence-corrected chi connectivity index (χ1v) is 6.27. The Hall–Kier alpha value is -2.42. The summed E-state index contributed by atoms with van der Waals surface area (Å²) in [4.78, 5) is 22.1. The monoisotopic (exact) mass is 274 g/mol. The summed E-state index contributed by atoms with van der Waals surface area (Å²) in [5, 5.41) is 19.3. The zero-order valence-corrected chi connectivity index (χ0v) is 11.1. The Morgan fingerprint density at radius 1 is 1.55 bits per heavy atom. The van der Waals surface area contributed by atoms with E-state index in [-0.39, 0.29) is 17.7 Å². The maximum Gasteiger partial charge on any atom is 0.338 e. The molecule has 0 amide bonds. The average molecular weight is 274 g/mol. The van der Waals surface area contributed by atoms with E-state index in [4.69, 9.17) is 10.00 Å². The molecule has 104 valence electrons. The van der Waals surface area contributed by atoms with Gasteiger partial charge in [-0.05, 0) is 31.4 Å². The third-order valence-electron chi connectivity index (χ3n) is 3.56. The number of esters is 1. The van der Waals surface area contributed by atoms with E-state index >= 15 is 0 Å². The lowest BCUT2D eigenvalue weighted by Gasteiger charge is -2.12. The fourth-order valence-corrected chi connectivity index (χ4v) is 2.00. The van der Waals surface area contributed by atoms with Crippen LogP contribution in [0.3, 0.4) is 0 Å². The van der Waals surface area contributed by atoms with Crippen LogP contribution in [0.2, 0.25) is 0 Å². The molecule has 1 saturated carbocycles. The minimum atomic E-state index is -0.506. The van der Waals surface area contributed by atoms with Crippen LogP contribution in [-0.4, -0.2) is 17.5 Å². The minimum Gasteiger partial charge on any atom is -0.461 e. The SMILES string of the molecule is Cc1cc([N+](=O)[O-])ccc1C(=O)OCC1(CC#N)CC1. The number of aryl methyl sites for hydroxylation is 1. The third kappa shape index (κ3) is 2.94. The number of carbonyl (C=O) groups is 1. The number of hydrogen-bond donors (Lipinski definition) is 0. The Morgan fingerprint density at radius 2 is 2.25 bits per heavy atom. The zero-order chi connectivity index (χ0) is 14.8. The van der Waals surface area contributed by atoms with E-state index in [2.05, 4.69) is 6.07 Å². The number of benzene rings is 1. The van der Waals surface area contributed by atoms with Gasteiger partial charge in [0.2, 0.25) is 0 Å². The van der Waals surface area contributed by atoms with Crippen LogP contribution >= 0.6 is 0 Å². The molecule has 0 aromatic heterocycles. The fourth-order valence-electron chi connectivity index (χ4n) is 2.00. The number of nitro benzene ring substituents is 1. The minimum absolute atomic E-state index is 0.0535. The van der Waals surface area contributed by atoms with Gasteiger partial charge in [-0.25, -0.2) is 4.79 Å². The Balaban J connectivity index is 2.03. The van der Waals surface area contributed by atoms with Crippen molar-refractivity contribution in [2.45, 2.75) is 26.2 Å². The quantitative estimate of drug-likeness (QED) is 0.467. The average Bonchev–Trinajstić information content (AvgIpc) is 3.16. The molecule has 2 rings (SSSR count). The maximum absolute atomic E-state index is 12.0.